The van der Waals surface area contributed by atoms with E-state index in [2.05, 4.69) is 27.8 Å². The van der Waals surface area contributed by atoms with Crippen LogP contribution in [0.3, 0.4) is 0 Å². The summed E-state index contributed by atoms with van der Waals surface area (Å²) in [7, 11) is 1.87. The van der Waals surface area contributed by atoms with E-state index in [0.717, 1.165) is 16.6 Å². The lowest BCUT2D eigenvalue weighted by Gasteiger charge is -2.09. The molecule has 5 heteroatoms. The van der Waals surface area contributed by atoms with Gasteiger partial charge in [0.15, 0.2) is 5.71 Å². The van der Waals surface area contributed by atoms with Crippen LogP contribution in [0, 0.1) is 0 Å². The molecule has 0 aliphatic rings. The van der Waals surface area contributed by atoms with Gasteiger partial charge in [0.1, 0.15) is 0 Å². The summed E-state index contributed by atoms with van der Waals surface area (Å²) in [5, 5.41) is 0. The van der Waals surface area contributed by atoms with E-state index in [1.54, 1.807) is 6.92 Å². The van der Waals surface area contributed by atoms with Crippen molar-refractivity contribution in [1.82, 2.24) is 4.57 Å². The SMILES string of the molecule is CCOC(=O)C(=Nc1ccc(CC)cc1Br)c1cccn1C. The first-order valence-corrected chi connectivity index (χ1v) is 8.02. The second kappa shape index (κ2) is 7.40. The van der Waals surface area contributed by atoms with Gasteiger partial charge in [0, 0.05) is 17.7 Å². The Bertz CT molecular complexity index is 704. The van der Waals surface area contributed by atoms with Crippen LogP contribution in [-0.4, -0.2) is 22.9 Å². The molecule has 0 N–H and O–H groups in total. The van der Waals surface area contributed by atoms with Crippen molar-refractivity contribution in [1.29, 1.82) is 0 Å². The fourth-order valence-electron chi connectivity index (χ4n) is 2.10. The fraction of sp³-hybridized carbons (Fsp3) is 0.294. The predicted molar refractivity (Wildman–Crippen MR) is 91.8 cm³/mol. The molecule has 0 fully saturated rings. The molecule has 2 rings (SSSR count). The number of aliphatic imine (C=N–C) groups is 1. The molecule has 0 aliphatic heterocycles. The first-order valence-electron chi connectivity index (χ1n) is 7.22. The summed E-state index contributed by atoms with van der Waals surface area (Å²) in [6, 6.07) is 9.67. The number of hydrogen-bond acceptors (Lipinski definition) is 3. The van der Waals surface area contributed by atoms with Crippen LogP contribution in [0.5, 0.6) is 0 Å². The van der Waals surface area contributed by atoms with Gasteiger partial charge < -0.3 is 9.30 Å². The van der Waals surface area contributed by atoms with Gasteiger partial charge in [0.05, 0.1) is 18.0 Å². The largest absolute Gasteiger partial charge is 0.461 e. The number of benzene rings is 1. The quantitative estimate of drug-likeness (QED) is 0.595. The average Bonchev–Trinajstić information content (AvgIpc) is 2.92. The highest BCUT2D eigenvalue weighted by Crippen LogP contribution is 2.27. The van der Waals surface area contributed by atoms with Gasteiger partial charge in [-0.3, -0.25) is 0 Å². The van der Waals surface area contributed by atoms with E-state index >= 15 is 0 Å². The molecule has 0 saturated carbocycles. The van der Waals surface area contributed by atoms with Crippen molar-refractivity contribution in [2.75, 3.05) is 6.61 Å². The molecule has 1 heterocycles. The number of esters is 1. The number of carbonyl (C=O) groups is 1. The van der Waals surface area contributed by atoms with E-state index in [1.165, 1.54) is 5.56 Å². The first kappa shape index (κ1) is 16.5. The predicted octanol–water partition coefficient (Wildman–Crippen LogP) is 4.03. The van der Waals surface area contributed by atoms with Crippen LogP contribution in [0.4, 0.5) is 5.69 Å². The maximum Gasteiger partial charge on any atom is 0.359 e. The summed E-state index contributed by atoms with van der Waals surface area (Å²) >= 11 is 3.52. The zero-order valence-electron chi connectivity index (χ0n) is 13.0. The molecule has 0 bridgehead atoms. The molecule has 0 radical (unpaired) electrons. The molecule has 116 valence electrons. The van der Waals surface area contributed by atoms with Crippen LogP contribution in [0.2, 0.25) is 0 Å². The van der Waals surface area contributed by atoms with Crippen molar-refractivity contribution in [3.8, 4) is 0 Å². The highest BCUT2D eigenvalue weighted by Gasteiger charge is 2.18. The van der Waals surface area contributed by atoms with Gasteiger partial charge in [0.25, 0.3) is 0 Å². The Labute approximate surface area is 139 Å². The monoisotopic (exact) mass is 362 g/mol. The molecule has 0 spiro atoms. The van der Waals surface area contributed by atoms with E-state index in [-0.39, 0.29) is 0 Å². The Hall–Kier alpha value is -1.88. The molecule has 1 aromatic carbocycles. The third-order valence-electron chi connectivity index (χ3n) is 3.31. The molecule has 0 saturated heterocycles. The molecule has 4 nitrogen and oxygen atoms in total. The summed E-state index contributed by atoms with van der Waals surface area (Å²) in [6.45, 7) is 4.20. The Kier molecular flexibility index (Phi) is 5.55. The highest BCUT2D eigenvalue weighted by atomic mass is 79.9. The topological polar surface area (TPSA) is 43.6 Å². The minimum Gasteiger partial charge on any atom is -0.461 e. The van der Waals surface area contributed by atoms with Crippen LogP contribution in [-0.2, 0) is 23.0 Å². The molecule has 22 heavy (non-hydrogen) atoms. The molecule has 0 amide bonds. The summed E-state index contributed by atoms with van der Waals surface area (Å²) in [4.78, 5) is 16.8. The average molecular weight is 363 g/mol. The molecular formula is C17H19BrN2O2. The van der Waals surface area contributed by atoms with E-state index in [9.17, 15) is 4.79 Å². The van der Waals surface area contributed by atoms with E-state index in [0.29, 0.717) is 18.0 Å². The number of aromatic nitrogens is 1. The van der Waals surface area contributed by atoms with Crippen molar-refractivity contribution >= 4 is 33.3 Å². The second-order valence-corrected chi connectivity index (χ2v) is 5.68. The van der Waals surface area contributed by atoms with E-state index in [1.807, 2.05) is 48.1 Å². The third-order valence-corrected chi connectivity index (χ3v) is 3.94. The lowest BCUT2D eigenvalue weighted by atomic mass is 10.1. The Morgan fingerprint density at radius 3 is 2.64 bits per heavy atom. The molecule has 1 aromatic heterocycles. The number of carbonyl (C=O) groups excluding carboxylic acids is 1. The van der Waals surface area contributed by atoms with Gasteiger partial charge in [0.2, 0.25) is 0 Å². The van der Waals surface area contributed by atoms with Crippen molar-refractivity contribution < 1.29 is 9.53 Å². The Morgan fingerprint density at radius 1 is 1.32 bits per heavy atom. The van der Waals surface area contributed by atoms with Crippen LogP contribution in [0.1, 0.15) is 25.1 Å². The van der Waals surface area contributed by atoms with Crippen molar-refractivity contribution in [2.45, 2.75) is 20.3 Å². The van der Waals surface area contributed by atoms with Gasteiger partial charge in [-0.25, -0.2) is 9.79 Å². The van der Waals surface area contributed by atoms with E-state index in [4.69, 9.17) is 4.74 Å². The zero-order valence-corrected chi connectivity index (χ0v) is 14.6. The maximum atomic E-state index is 12.3. The van der Waals surface area contributed by atoms with Crippen molar-refractivity contribution in [3.63, 3.8) is 0 Å². The fourth-order valence-corrected chi connectivity index (χ4v) is 2.61. The number of rotatable bonds is 5. The molecule has 0 atom stereocenters. The zero-order chi connectivity index (χ0) is 16.1. The van der Waals surface area contributed by atoms with Gasteiger partial charge in [-0.1, -0.05) is 13.0 Å². The molecule has 0 aliphatic carbocycles. The number of halogens is 1. The summed E-state index contributed by atoms with van der Waals surface area (Å²) in [6.07, 6.45) is 2.82. The van der Waals surface area contributed by atoms with Gasteiger partial charge in [-0.2, -0.15) is 0 Å². The Morgan fingerprint density at radius 2 is 2.09 bits per heavy atom. The van der Waals surface area contributed by atoms with Crippen LogP contribution in [0.25, 0.3) is 0 Å². The van der Waals surface area contributed by atoms with Gasteiger partial charge in [-0.15, -0.1) is 0 Å². The minimum absolute atomic E-state index is 0.305. The summed E-state index contributed by atoms with van der Waals surface area (Å²) in [5.41, 5.74) is 2.95. The third kappa shape index (κ3) is 3.65. The normalized spacial score (nSPS) is 11.5. The molecule has 2 aromatic rings. The highest BCUT2D eigenvalue weighted by molar-refractivity contribution is 9.10. The van der Waals surface area contributed by atoms with Crippen molar-refractivity contribution in [2.24, 2.45) is 12.0 Å². The standard InChI is InChI=1S/C17H19BrN2O2/c1-4-12-8-9-14(13(18)11-12)19-16(17(21)22-5-2)15-7-6-10-20(15)3/h6-11H,4-5H2,1-3H3. The number of ether oxygens (including phenoxy) is 1. The lowest BCUT2D eigenvalue weighted by molar-refractivity contribution is -0.134. The van der Waals surface area contributed by atoms with Crippen LogP contribution >= 0.6 is 15.9 Å². The number of nitrogens with zero attached hydrogens (tertiary/aromatic N) is 2. The maximum absolute atomic E-state index is 12.3. The van der Waals surface area contributed by atoms with Crippen LogP contribution < -0.4 is 0 Å². The number of hydrogen-bond donors (Lipinski definition) is 0. The Balaban J connectivity index is 2.49. The minimum atomic E-state index is -0.421. The second-order valence-electron chi connectivity index (χ2n) is 4.82. The smallest absolute Gasteiger partial charge is 0.359 e. The van der Waals surface area contributed by atoms with Gasteiger partial charge in [-0.05, 0) is 59.1 Å². The first-order chi connectivity index (χ1) is 10.6. The van der Waals surface area contributed by atoms with E-state index < -0.39 is 5.97 Å². The number of aryl methyl sites for hydroxylation is 2. The summed E-state index contributed by atoms with van der Waals surface area (Å²) < 4.78 is 7.86. The van der Waals surface area contributed by atoms with Crippen LogP contribution in [0.15, 0.2) is 46.0 Å². The molecule has 0 unspecified atom stereocenters. The lowest BCUT2D eigenvalue weighted by Crippen LogP contribution is -2.21. The van der Waals surface area contributed by atoms with Crippen molar-refractivity contribution in [3.05, 3.63) is 52.3 Å². The van der Waals surface area contributed by atoms with Gasteiger partial charge >= 0.3 is 5.97 Å². The molecular weight excluding hydrogens is 344 g/mol. The summed E-state index contributed by atoms with van der Waals surface area (Å²) in [5.74, 6) is -0.421.